The van der Waals surface area contributed by atoms with Gasteiger partial charge in [-0.1, -0.05) is 24.3 Å². The summed E-state index contributed by atoms with van der Waals surface area (Å²) in [6.07, 6.45) is 0.297. The van der Waals surface area contributed by atoms with Crippen molar-refractivity contribution in [2.75, 3.05) is 0 Å². The van der Waals surface area contributed by atoms with Crippen molar-refractivity contribution in [1.82, 2.24) is 5.32 Å². The van der Waals surface area contributed by atoms with Crippen LogP contribution in [0, 0.1) is 5.92 Å². The zero-order valence-electron chi connectivity index (χ0n) is 16.5. The molecule has 3 atom stereocenters. The number of ether oxygens (including phenoxy) is 1. The summed E-state index contributed by atoms with van der Waals surface area (Å²) in [4.78, 5) is 12.5. The van der Waals surface area contributed by atoms with E-state index in [1.54, 1.807) is 0 Å². The molecule has 1 aliphatic heterocycles. The van der Waals surface area contributed by atoms with Crippen molar-refractivity contribution >= 4 is 18.2 Å². The molecular weight excluding hydrogens is 415 g/mol. The normalized spacial score (nSPS) is 22.6. The van der Waals surface area contributed by atoms with Crippen LogP contribution in [-0.4, -0.2) is 17.9 Å². The highest BCUT2D eigenvalue weighted by atomic mass is 35.5. The Labute approximate surface area is 180 Å². The number of benzene rings is 2. The zero-order valence-corrected chi connectivity index (χ0v) is 17.3. The molecule has 3 nitrogen and oxygen atoms in total. The van der Waals surface area contributed by atoms with Gasteiger partial charge in [-0.05, 0) is 67.0 Å². The maximum atomic E-state index is 12.6. The summed E-state index contributed by atoms with van der Waals surface area (Å²) >= 11 is 0. The molecule has 4 rings (SSSR count). The van der Waals surface area contributed by atoms with Crippen molar-refractivity contribution < 1.29 is 22.7 Å². The molecule has 0 spiro atoms. The van der Waals surface area contributed by atoms with E-state index in [0.717, 1.165) is 30.5 Å². The number of hydrogen-bond acceptors (Lipinski definition) is 3. The van der Waals surface area contributed by atoms with Crippen LogP contribution in [0.15, 0.2) is 48.5 Å². The van der Waals surface area contributed by atoms with E-state index in [-0.39, 0.29) is 30.8 Å². The number of carbonyl (C=O) groups is 1. The van der Waals surface area contributed by atoms with Gasteiger partial charge >= 0.3 is 6.18 Å². The van der Waals surface area contributed by atoms with Crippen LogP contribution < -0.4 is 10.1 Å². The fourth-order valence-corrected chi connectivity index (χ4v) is 4.39. The Kier molecular flexibility index (Phi) is 7.09. The second kappa shape index (κ2) is 9.40. The van der Waals surface area contributed by atoms with Gasteiger partial charge in [0.05, 0.1) is 11.6 Å². The fourth-order valence-electron chi connectivity index (χ4n) is 4.39. The molecule has 0 aromatic heterocycles. The first-order chi connectivity index (χ1) is 13.9. The number of Topliss-reactive ketones (excluding diaryl/α,β-unsaturated/α-hetero) is 1. The second-order valence-corrected chi connectivity index (χ2v) is 8.01. The van der Waals surface area contributed by atoms with Gasteiger partial charge in [0, 0.05) is 12.5 Å². The highest BCUT2D eigenvalue weighted by molar-refractivity contribution is 5.85. The molecule has 2 fully saturated rings. The van der Waals surface area contributed by atoms with Gasteiger partial charge in [-0.2, -0.15) is 13.2 Å². The molecule has 1 N–H and O–H groups in total. The van der Waals surface area contributed by atoms with Crippen molar-refractivity contribution in [3.8, 4) is 5.75 Å². The van der Waals surface area contributed by atoms with Crippen LogP contribution in [-0.2, 0) is 24.0 Å². The van der Waals surface area contributed by atoms with E-state index in [9.17, 15) is 18.0 Å². The van der Waals surface area contributed by atoms with Gasteiger partial charge in [0.25, 0.3) is 0 Å². The minimum atomic E-state index is -4.33. The Morgan fingerprint density at radius 1 is 1.07 bits per heavy atom. The van der Waals surface area contributed by atoms with Gasteiger partial charge in [-0.3, -0.25) is 4.79 Å². The molecule has 2 aromatic rings. The van der Waals surface area contributed by atoms with E-state index >= 15 is 0 Å². The van der Waals surface area contributed by atoms with Crippen LogP contribution in [0.2, 0.25) is 0 Å². The standard InChI is InChI=1S/C23H24F3NO2.ClH/c24-23(25,26)18-8-4-16(5-9-18)14-29-20-3-1-2-15(12-20)6-11-21(28)22-17-7-10-19(13-17)27-22;/h1-5,8-9,12,17,19,22,27H,6-7,10-11,13-14H2;1H/t17-,19+,22-;/m0./s1. The first-order valence-corrected chi connectivity index (χ1v) is 10.0. The molecule has 30 heavy (non-hydrogen) atoms. The molecular formula is C23H25ClF3NO2. The van der Waals surface area contributed by atoms with Crippen LogP contribution in [0.1, 0.15) is 42.4 Å². The number of alkyl halides is 3. The molecule has 0 amide bonds. The molecule has 1 saturated carbocycles. The maximum absolute atomic E-state index is 12.6. The highest BCUT2D eigenvalue weighted by Crippen LogP contribution is 2.36. The third kappa shape index (κ3) is 5.35. The van der Waals surface area contributed by atoms with Crippen molar-refractivity contribution in [3.63, 3.8) is 0 Å². The number of hydrogen-bond donors (Lipinski definition) is 1. The topological polar surface area (TPSA) is 38.3 Å². The molecule has 2 aliphatic rings. The van der Waals surface area contributed by atoms with Crippen LogP contribution >= 0.6 is 12.4 Å². The largest absolute Gasteiger partial charge is 0.489 e. The lowest BCUT2D eigenvalue weighted by Crippen LogP contribution is -2.41. The van der Waals surface area contributed by atoms with Crippen LogP contribution in [0.25, 0.3) is 0 Å². The van der Waals surface area contributed by atoms with Gasteiger partial charge < -0.3 is 10.1 Å². The van der Waals surface area contributed by atoms with Crippen LogP contribution in [0.4, 0.5) is 13.2 Å². The third-order valence-corrected chi connectivity index (χ3v) is 5.95. The quantitative estimate of drug-likeness (QED) is 0.632. The molecule has 1 aliphatic carbocycles. The fraction of sp³-hybridized carbons (Fsp3) is 0.435. The van der Waals surface area contributed by atoms with Crippen molar-refractivity contribution in [2.24, 2.45) is 5.92 Å². The van der Waals surface area contributed by atoms with Crippen molar-refractivity contribution in [2.45, 2.75) is 57.0 Å². The van der Waals surface area contributed by atoms with Crippen LogP contribution in [0.5, 0.6) is 5.75 Å². The maximum Gasteiger partial charge on any atom is 0.416 e. The Morgan fingerprint density at radius 2 is 1.83 bits per heavy atom. The lowest BCUT2D eigenvalue weighted by molar-refractivity contribution is -0.137. The van der Waals surface area contributed by atoms with Crippen LogP contribution in [0.3, 0.4) is 0 Å². The molecule has 2 bridgehead atoms. The summed E-state index contributed by atoms with van der Waals surface area (Å²) in [5.74, 6) is 1.44. The van der Waals surface area contributed by atoms with E-state index in [1.165, 1.54) is 18.6 Å². The first kappa shape index (κ1) is 22.6. The van der Waals surface area contributed by atoms with E-state index in [2.05, 4.69) is 5.32 Å². The molecule has 1 saturated heterocycles. The predicted molar refractivity (Wildman–Crippen MR) is 111 cm³/mol. The van der Waals surface area contributed by atoms with Gasteiger partial charge in [-0.25, -0.2) is 0 Å². The van der Waals surface area contributed by atoms with Gasteiger partial charge in [0.2, 0.25) is 0 Å². The van der Waals surface area contributed by atoms with E-state index in [0.29, 0.717) is 36.1 Å². The van der Waals surface area contributed by atoms with Gasteiger partial charge in [0.15, 0.2) is 0 Å². The Hall–Kier alpha value is -2.05. The lowest BCUT2D eigenvalue weighted by atomic mass is 9.93. The van der Waals surface area contributed by atoms with E-state index in [1.807, 2.05) is 24.3 Å². The Morgan fingerprint density at radius 3 is 2.47 bits per heavy atom. The highest BCUT2D eigenvalue weighted by Gasteiger charge is 2.42. The SMILES string of the molecule is Cl.O=C(CCc1cccc(OCc2ccc(C(F)(F)F)cc2)c1)[C@H]1N[C@@H]2CC[C@H]1C2. The zero-order chi connectivity index (χ0) is 20.4. The lowest BCUT2D eigenvalue weighted by Gasteiger charge is -2.21. The molecule has 7 heteroatoms. The molecule has 0 radical (unpaired) electrons. The summed E-state index contributed by atoms with van der Waals surface area (Å²) < 4.78 is 43.6. The third-order valence-electron chi connectivity index (χ3n) is 5.95. The van der Waals surface area contributed by atoms with Crippen molar-refractivity contribution in [1.29, 1.82) is 0 Å². The minimum absolute atomic E-state index is 0. The predicted octanol–water partition coefficient (Wildman–Crippen LogP) is 5.35. The summed E-state index contributed by atoms with van der Waals surface area (Å²) in [7, 11) is 0. The minimum Gasteiger partial charge on any atom is -0.489 e. The Balaban J connectivity index is 0.00000256. The summed E-state index contributed by atoms with van der Waals surface area (Å²) in [5, 5.41) is 3.44. The van der Waals surface area contributed by atoms with Gasteiger partial charge in [-0.15, -0.1) is 12.4 Å². The van der Waals surface area contributed by atoms with E-state index < -0.39 is 11.7 Å². The smallest absolute Gasteiger partial charge is 0.416 e. The average molecular weight is 440 g/mol. The van der Waals surface area contributed by atoms with E-state index in [4.69, 9.17) is 4.74 Å². The number of halogens is 4. The van der Waals surface area contributed by atoms with Gasteiger partial charge in [0.1, 0.15) is 18.1 Å². The molecule has 2 aromatic carbocycles. The number of rotatable bonds is 7. The number of nitrogens with one attached hydrogen (secondary N) is 1. The summed E-state index contributed by atoms with van der Waals surface area (Å²) in [5.41, 5.74) is 1.02. The number of carbonyl (C=O) groups excluding carboxylic acids is 1. The number of piperidine rings is 1. The number of fused-ring (bicyclic) bond motifs is 2. The molecule has 162 valence electrons. The first-order valence-electron chi connectivity index (χ1n) is 10.0. The average Bonchev–Trinajstić information content (AvgIpc) is 3.34. The Bertz CT molecular complexity index is 869. The molecule has 1 heterocycles. The summed E-state index contributed by atoms with van der Waals surface area (Å²) in [6.45, 7) is 0.190. The second-order valence-electron chi connectivity index (χ2n) is 8.01. The summed E-state index contributed by atoms with van der Waals surface area (Å²) in [6, 6.07) is 13.1. The molecule has 0 unspecified atom stereocenters. The van der Waals surface area contributed by atoms with Crippen molar-refractivity contribution in [3.05, 3.63) is 65.2 Å². The number of ketones is 1. The monoisotopic (exact) mass is 439 g/mol. The number of aryl methyl sites for hydroxylation is 1.